The average Bonchev–Trinajstić information content (AvgIpc) is 3.15. The lowest BCUT2D eigenvalue weighted by atomic mass is 10.1. The molecule has 120 valence electrons. The quantitative estimate of drug-likeness (QED) is 0.554. The predicted molar refractivity (Wildman–Crippen MR) is 91.7 cm³/mol. The molecule has 1 N–H and O–H groups in total. The van der Waals surface area contributed by atoms with Crippen LogP contribution in [0, 0.1) is 0 Å². The van der Waals surface area contributed by atoms with Gasteiger partial charge in [-0.2, -0.15) is 10.2 Å². The Balaban J connectivity index is 1.64. The van der Waals surface area contributed by atoms with Crippen LogP contribution in [0.25, 0.3) is 17.3 Å². The highest BCUT2D eigenvalue weighted by Gasteiger charge is 2.03. The van der Waals surface area contributed by atoms with Crippen molar-refractivity contribution in [2.75, 3.05) is 12.5 Å². The number of anilines is 1. The van der Waals surface area contributed by atoms with Crippen LogP contribution in [-0.2, 0) is 0 Å². The summed E-state index contributed by atoms with van der Waals surface area (Å²) in [4.78, 5) is 4.36. The number of hydrogen-bond donors (Lipinski definition) is 1. The fourth-order valence-corrected chi connectivity index (χ4v) is 1.91. The first-order valence-corrected chi connectivity index (χ1v) is 7.18. The predicted octanol–water partition coefficient (Wildman–Crippen LogP) is 3.25. The van der Waals surface area contributed by atoms with Gasteiger partial charge >= 0.3 is 0 Å². The molecular weight excluding hydrogens is 306 g/mol. The van der Waals surface area contributed by atoms with Crippen LogP contribution in [0.15, 0.2) is 64.5 Å². The molecule has 7 heteroatoms. The number of methoxy groups -OCH3 is 1. The number of aromatic nitrogens is 3. The number of benzene rings is 1. The van der Waals surface area contributed by atoms with Crippen molar-refractivity contribution < 1.29 is 9.15 Å². The van der Waals surface area contributed by atoms with E-state index in [-0.39, 0.29) is 0 Å². The molecule has 0 amide bonds. The molecule has 3 rings (SSSR count). The summed E-state index contributed by atoms with van der Waals surface area (Å²) in [6.45, 7) is 0. The monoisotopic (exact) mass is 321 g/mol. The van der Waals surface area contributed by atoms with Crippen LogP contribution in [0.1, 0.15) is 5.76 Å². The number of nitrogens with zero attached hydrogens (tertiary/aromatic N) is 4. The number of furan rings is 1. The Kier molecular flexibility index (Phi) is 4.94. The molecule has 2 heterocycles. The second-order valence-electron chi connectivity index (χ2n) is 4.66. The molecule has 2 aromatic heterocycles. The summed E-state index contributed by atoms with van der Waals surface area (Å²) >= 11 is 0. The van der Waals surface area contributed by atoms with E-state index in [4.69, 9.17) is 9.15 Å². The van der Waals surface area contributed by atoms with Gasteiger partial charge in [-0.1, -0.05) is 0 Å². The van der Waals surface area contributed by atoms with Gasteiger partial charge in [0.1, 0.15) is 11.5 Å². The van der Waals surface area contributed by atoms with Crippen molar-refractivity contribution in [1.29, 1.82) is 0 Å². The van der Waals surface area contributed by atoms with Crippen LogP contribution < -0.4 is 10.2 Å². The molecule has 0 spiro atoms. The van der Waals surface area contributed by atoms with Gasteiger partial charge in [-0.3, -0.25) is 0 Å². The van der Waals surface area contributed by atoms with E-state index in [9.17, 15) is 0 Å². The van der Waals surface area contributed by atoms with Gasteiger partial charge in [0.05, 0.1) is 25.3 Å². The van der Waals surface area contributed by atoms with Gasteiger partial charge in [0.2, 0.25) is 0 Å². The van der Waals surface area contributed by atoms with Crippen molar-refractivity contribution in [2.24, 2.45) is 5.10 Å². The highest BCUT2D eigenvalue weighted by Crippen LogP contribution is 2.20. The number of hydrazone groups is 1. The highest BCUT2D eigenvalue weighted by molar-refractivity contribution is 5.77. The minimum atomic E-state index is 0.311. The highest BCUT2D eigenvalue weighted by atomic mass is 16.5. The standard InChI is InChI=1S/C17H15N5O2/c1-23-14-8-6-13(7-9-14)16-12-19-22-17(20-16)21-18-10-2-4-15-5-3-11-24-15/h2-12H,1H3,(H,20,21,22)/b4-2+,18-10?. The summed E-state index contributed by atoms with van der Waals surface area (Å²) in [5.41, 5.74) is 4.34. The SMILES string of the molecule is COc1ccc(-c2cnnc(NN=C/C=C/c3ccco3)n2)cc1. The summed E-state index contributed by atoms with van der Waals surface area (Å²) < 4.78 is 10.3. The third-order valence-corrected chi connectivity index (χ3v) is 3.07. The Bertz CT molecular complexity index is 826. The van der Waals surface area contributed by atoms with Crippen LogP contribution in [-0.4, -0.2) is 28.5 Å². The summed E-state index contributed by atoms with van der Waals surface area (Å²) in [5, 5.41) is 11.8. The molecular formula is C17H15N5O2. The number of hydrogen-bond acceptors (Lipinski definition) is 7. The van der Waals surface area contributed by atoms with Crippen LogP contribution >= 0.6 is 0 Å². The normalized spacial score (nSPS) is 11.2. The van der Waals surface area contributed by atoms with Gasteiger partial charge in [-0.25, -0.2) is 10.4 Å². The molecule has 1 aromatic carbocycles. The van der Waals surface area contributed by atoms with E-state index < -0.39 is 0 Å². The van der Waals surface area contributed by atoms with Crippen LogP contribution in [0.3, 0.4) is 0 Å². The Morgan fingerprint density at radius 1 is 1.21 bits per heavy atom. The summed E-state index contributed by atoms with van der Waals surface area (Å²) in [5.74, 6) is 1.85. The third-order valence-electron chi connectivity index (χ3n) is 3.07. The molecule has 0 aliphatic rings. The fourth-order valence-electron chi connectivity index (χ4n) is 1.91. The van der Waals surface area contributed by atoms with Gasteiger partial charge in [-0.05, 0) is 48.6 Å². The average molecular weight is 321 g/mol. The molecule has 0 bridgehead atoms. The zero-order chi connectivity index (χ0) is 16.6. The number of allylic oxidation sites excluding steroid dienone is 1. The number of rotatable bonds is 6. The van der Waals surface area contributed by atoms with E-state index in [1.807, 2.05) is 36.4 Å². The Morgan fingerprint density at radius 3 is 2.83 bits per heavy atom. The van der Waals surface area contributed by atoms with Crippen molar-refractivity contribution in [3.05, 3.63) is 60.7 Å². The van der Waals surface area contributed by atoms with Crippen molar-refractivity contribution in [3.63, 3.8) is 0 Å². The number of nitrogens with one attached hydrogen (secondary N) is 1. The zero-order valence-corrected chi connectivity index (χ0v) is 13.0. The van der Waals surface area contributed by atoms with Gasteiger partial charge in [0.25, 0.3) is 5.95 Å². The third kappa shape index (κ3) is 4.04. The molecule has 7 nitrogen and oxygen atoms in total. The Labute approximate surface area is 138 Å². The lowest BCUT2D eigenvalue weighted by Gasteiger charge is -2.03. The molecule has 24 heavy (non-hydrogen) atoms. The lowest BCUT2D eigenvalue weighted by molar-refractivity contribution is 0.415. The first-order valence-electron chi connectivity index (χ1n) is 7.18. The molecule has 0 unspecified atom stereocenters. The molecule has 0 atom stereocenters. The maximum Gasteiger partial charge on any atom is 0.263 e. The van der Waals surface area contributed by atoms with Crippen LogP contribution in [0.2, 0.25) is 0 Å². The second kappa shape index (κ2) is 7.68. The minimum absolute atomic E-state index is 0.311. The minimum Gasteiger partial charge on any atom is -0.497 e. The van der Waals surface area contributed by atoms with Crippen molar-refractivity contribution in [3.8, 4) is 17.0 Å². The number of ether oxygens (including phenoxy) is 1. The topological polar surface area (TPSA) is 85.4 Å². The molecule has 0 radical (unpaired) electrons. The van der Waals surface area contributed by atoms with Gasteiger partial charge in [0.15, 0.2) is 0 Å². The van der Waals surface area contributed by atoms with E-state index in [1.54, 1.807) is 37.9 Å². The van der Waals surface area contributed by atoms with E-state index in [1.165, 1.54) is 0 Å². The van der Waals surface area contributed by atoms with Gasteiger partial charge < -0.3 is 9.15 Å². The molecule has 3 aromatic rings. The van der Waals surface area contributed by atoms with E-state index in [0.717, 1.165) is 17.1 Å². The maximum atomic E-state index is 5.17. The maximum absolute atomic E-state index is 5.17. The summed E-state index contributed by atoms with van der Waals surface area (Å²) in [7, 11) is 1.63. The first kappa shape index (κ1) is 15.4. The molecule has 0 aliphatic carbocycles. The summed E-state index contributed by atoms with van der Waals surface area (Å²) in [6.07, 6.45) is 8.31. The smallest absolute Gasteiger partial charge is 0.263 e. The van der Waals surface area contributed by atoms with E-state index in [2.05, 4.69) is 25.7 Å². The lowest BCUT2D eigenvalue weighted by Crippen LogP contribution is -1.99. The van der Waals surface area contributed by atoms with E-state index in [0.29, 0.717) is 11.6 Å². The summed E-state index contributed by atoms with van der Waals surface area (Å²) in [6, 6.07) is 11.2. The Morgan fingerprint density at radius 2 is 2.08 bits per heavy atom. The fraction of sp³-hybridized carbons (Fsp3) is 0.0588. The van der Waals surface area contributed by atoms with Crippen LogP contribution in [0.4, 0.5) is 5.95 Å². The van der Waals surface area contributed by atoms with Crippen molar-refractivity contribution >= 4 is 18.2 Å². The molecule has 0 fully saturated rings. The Hall–Kier alpha value is -3.48. The molecule has 0 aliphatic heterocycles. The van der Waals surface area contributed by atoms with Gasteiger partial charge in [0, 0.05) is 11.8 Å². The van der Waals surface area contributed by atoms with Crippen molar-refractivity contribution in [1.82, 2.24) is 15.2 Å². The zero-order valence-electron chi connectivity index (χ0n) is 13.0. The van der Waals surface area contributed by atoms with Crippen LogP contribution in [0.5, 0.6) is 5.75 Å². The molecule has 0 saturated heterocycles. The first-order chi connectivity index (χ1) is 11.8. The largest absolute Gasteiger partial charge is 0.497 e. The van der Waals surface area contributed by atoms with Crippen molar-refractivity contribution in [2.45, 2.75) is 0 Å². The second-order valence-corrected chi connectivity index (χ2v) is 4.66. The van der Waals surface area contributed by atoms with E-state index >= 15 is 0 Å². The molecule has 0 saturated carbocycles. The van der Waals surface area contributed by atoms with Gasteiger partial charge in [-0.15, -0.1) is 5.10 Å².